The van der Waals surface area contributed by atoms with Crippen LogP contribution in [0.5, 0.6) is 0 Å². The maximum Gasteiger partial charge on any atom is 0.331 e. The number of imide groups is 1. The van der Waals surface area contributed by atoms with Gasteiger partial charge >= 0.3 is 12.0 Å². The minimum Gasteiger partial charge on any atom is -0.460 e. The second-order valence-corrected chi connectivity index (χ2v) is 2.55. The number of rotatable bonds is 6. The number of amides is 3. The third-order valence-electron chi connectivity index (χ3n) is 1.29. The van der Waals surface area contributed by atoms with Crippen LogP contribution in [0.4, 0.5) is 4.79 Å². The second kappa shape index (κ2) is 8.42. The predicted molar refractivity (Wildman–Crippen MR) is 54.3 cm³/mol. The van der Waals surface area contributed by atoms with Gasteiger partial charge in [0.25, 0.3) is 5.91 Å². The molecule has 0 aliphatic carbocycles. The molecule has 0 heterocycles. The maximum absolute atomic E-state index is 10.9. The Morgan fingerprint density at radius 1 is 1.25 bits per heavy atom. The van der Waals surface area contributed by atoms with E-state index < -0.39 is 17.9 Å². The molecule has 0 radical (unpaired) electrons. The van der Waals surface area contributed by atoms with Crippen LogP contribution in [0.15, 0.2) is 12.2 Å². The molecule has 0 saturated heterocycles. The SMILES string of the molecule is CCOCCOC(=O)C=CC(=O)NC(N)=O. The number of carbonyl (C=O) groups is 3. The maximum atomic E-state index is 10.9. The van der Waals surface area contributed by atoms with Crippen LogP contribution < -0.4 is 11.1 Å². The van der Waals surface area contributed by atoms with Gasteiger partial charge in [0.05, 0.1) is 6.61 Å². The Bertz CT molecular complexity index is 288. The number of hydrogen-bond acceptors (Lipinski definition) is 5. The summed E-state index contributed by atoms with van der Waals surface area (Å²) in [4.78, 5) is 32.0. The van der Waals surface area contributed by atoms with Crippen molar-refractivity contribution >= 4 is 17.9 Å². The van der Waals surface area contributed by atoms with Crippen LogP contribution in [0.2, 0.25) is 0 Å². The number of esters is 1. The van der Waals surface area contributed by atoms with Crippen molar-refractivity contribution in [3.05, 3.63) is 12.2 Å². The van der Waals surface area contributed by atoms with Gasteiger partial charge in [0.1, 0.15) is 6.61 Å². The molecule has 0 saturated carbocycles. The van der Waals surface area contributed by atoms with Crippen LogP contribution in [-0.4, -0.2) is 37.7 Å². The highest BCUT2D eigenvalue weighted by atomic mass is 16.6. The van der Waals surface area contributed by atoms with Gasteiger partial charge in [-0.15, -0.1) is 0 Å². The molecule has 0 unspecified atom stereocenters. The average Bonchev–Trinajstić information content (AvgIpc) is 2.20. The first kappa shape index (κ1) is 14.1. The zero-order chi connectivity index (χ0) is 12.4. The highest BCUT2D eigenvalue weighted by molar-refractivity contribution is 6.02. The van der Waals surface area contributed by atoms with Gasteiger partial charge in [-0.1, -0.05) is 0 Å². The molecule has 7 heteroatoms. The molecule has 0 spiro atoms. The lowest BCUT2D eigenvalue weighted by atomic mass is 10.4. The van der Waals surface area contributed by atoms with E-state index in [1.807, 2.05) is 6.92 Å². The van der Waals surface area contributed by atoms with Gasteiger partial charge in [-0.25, -0.2) is 9.59 Å². The molecule has 90 valence electrons. The number of nitrogens with one attached hydrogen (secondary N) is 1. The Balaban J connectivity index is 3.73. The van der Waals surface area contributed by atoms with E-state index in [4.69, 9.17) is 4.74 Å². The third kappa shape index (κ3) is 8.70. The molecule has 0 atom stereocenters. The van der Waals surface area contributed by atoms with E-state index in [-0.39, 0.29) is 6.61 Å². The molecule has 0 aliphatic heterocycles. The van der Waals surface area contributed by atoms with Crippen molar-refractivity contribution in [3.63, 3.8) is 0 Å². The highest BCUT2D eigenvalue weighted by Gasteiger charge is 2.01. The summed E-state index contributed by atoms with van der Waals surface area (Å²) in [6.07, 6.45) is 1.75. The second-order valence-electron chi connectivity index (χ2n) is 2.55. The summed E-state index contributed by atoms with van der Waals surface area (Å²) in [6, 6.07) is -0.987. The molecule has 0 rings (SSSR count). The fraction of sp³-hybridized carbons (Fsp3) is 0.444. The van der Waals surface area contributed by atoms with Gasteiger partial charge in [-0.05, 0) is 6.92 Å². The molecule has 0 aromatic heterocycles. The van der Waals surface area contributed by atoms with Crippen molar-refractivity contribution in [1.82, 2.24) is 5.32 Å². The number of carbonyl (C=O) groups excluding carboxylic acids is 3. The molecular formula is C9H14N2O5. The highest BCUT2D eigenvalue weighted by Crippen LogP contribution is 1.83. The molecule has 3 amide bonds. The number of ether oxygens (including phenoxy) is 2. The summed E-state index contributed by atoms with van der Waals surface area (Å²) in [7, 11) is 0. The fourth-order valence-electron chi connectivity index (χ4n) is 0.700. The van der Waals surface area contributed by atoms with Crippen molar-refractivity contribution in [3.8, 4) is 0 Å². The van der Waals surface area contributed by atoms with E-state index in [2.05, 4.69) is 10.5 Å². The zero-order valence-corrected chi connectivity index (χ0v) is 8.89. The quantitative estimate of drug-likeness (QED) is 0.357. The van der Waals surface area contributed by atoms with E-state index in [0.717, 1.165) is 12.2 Å². The largest absolute Gasteiger partial charge is 0.460 e. The molecule has 3 N–H and O–H groups in total. The summed E-state index contributed by atoms with van der Waals surface area (Å²) in [5, 5.41) is 1.76. The van der Waals surface area contributed by atoms with Crippen LogP contribution in [0.3, 0.4) is 0 Å². The van der Waals surface area contributed by atoms with Crippen LogP contribution in [0, 0.1) is 0 Å². The van der Waals surface area contributed by atoms with Gasteiger partial charge in [0.2, 0.25) is 0 Å². The molecule has 0 aliphatic rings. The summed E-state index contributed by atoms with van der Waals surface area (Å²) in [6.45, 7) is 2.75. The Labute approximate surface area is 92.6 Å². The van der Waals surface area contributed by atoms with Crippen molar-refractivity contribution in [1.29, 1.82) is 0 Å². The predicted octanol–water partition coefficient (Wildman–Crippen LogP) is -0.683. The van der Waals surface area contributed by atoms with Crippen molar-refractivity contribution < 1.29 is 23.9 Å². The smallest absolute Gasteiger partial charge is 0.331 e. The number of urea groups is 1. The first-order chi connectivity index (χ1) is 7.56. The van der Waals surface area contributed by atoms with Crippen LogP contribution >= 0.6 is 0 Å². The number of nitrogens with two attached hydrogens (primary N) is 1. The van der Waals surface area contributed by atoms with Gasteiger partial charge in [-0.2, -0.15) is 0 Å². The summed E-state index contributed by atoms with van der Waals surface area (Å²) < 4.78 is 9.57. The van der Waals surface area contributed by atoms with E-state index in [0.29, 0.717) is 13.2 Å². The molecular weight excluding hydrogens is 216 g/mol. The zero-order valence-electron chi connectivity index (χ0n) is 8.89. The van der Waals surface area contributed by atoms with E-state index in [1.165, 1.54) is 0 Å². The van der Waals surface area contributed by atoms with Gasteiger partial charge in [0.15, 0.2) is 0 Å². The summed E-state index contributed by atoms with van der Waals surface area (Å²) in [5.74, 6) is -1.48. The molecule has 16 heavy (non-hydrogen) atoms. The fourth-order valence-corrected chi connectivity index (χ4v) is 0.700. The number of hydrogen-bond donors (Lipinski definition) is 2. The molecule has 7 nitrogen and oxygen atoms in total. The Hall–Kier alpha value is -1.89. The topological polar surface area (TPSA) is 108 Å². The minimum absolute atomic E-state index is 0.106. The lowest BCUT2D eigenvalue weighted by Crippen LogP contribution is -2.33. The van der Waals surface area contributed by atoms with Gasteiger partial charge in [-0.3, -0.25) is 10.1 Å². The summed E-state index contributed by atoms with van der Waals surface area (Å²) >= 11 is 0. The van der Waals surface area contributed by atoms with E-state index in [9.17, 15) is 14.4 Å². The lowest BCUT2D eigenvalue weighted by molar-refractivity contribution is -0.139. The molecule has 0 fully saturated rings. The standard InChI is InChI=1S/C9H14N2O5/c1-2-15-5-6-16-8(13)4-3-7(12)11-9(10)14/h3-4H,2,5-6H2,1H3,(H3,10,11,12,14). The van der Waals surface area contributed by atoms with Crippen LogP contribution in [0.25, 0.3) is 0 Å². The van der Waals surface area contributed by atoms with Crippen molar-refractivity contribution in [2.24, 2.45) is 5.73 Å². The van der Waals surface area contributed by atoms with Crippen LogP contribution in [0.1, 0.15) is 6.92 Å². The van der Waals surface area contributed by atoms with E-state index >= 15 is 0 Å². The van der Waals surface area contributed by atoms with Gasteiger partial charge in [0, 0.05) is 18.8 Å². The van der Waals surface area contributed by atoms with E-state index in [1.54, 1.807) is 5.32 Å². The van der Waals surface area contributed by atoms with Crippen molar-refractivity contribution in [2.75, 3.05) is 19.8 Å². The van der Waals surface area contributed by atoms with Crippen LogP contribution in [-0.2, 0) is 19.1 Å². The molecule has 0 aromatic rings. The minimum atomic E-state index is -0.987. The first-order valence-corrected chi connectivity index (χ1v) is 4.59. The van der Waals surface area contributed by atoms with Crippen molar-refractivity contribution in [2.45, 2.75) is 6.92 Å². The Morgan fingerprint density at radius 3 is 2.50 bits per heavy atom. The lowest BCUT2D eigenvalue weighted by Gasteiger charge is -2.01. The normalized spacial score (nSPS) is 10.1. The monoisotopic (exact) mass is 230 g/mol. The Morgan fingerprint density at radius 2 is 1.94 bits per heavy atom. The third-order valence-corrected chi connectivity index (χ3v) is 1.29. The summed E-state index contributed by atoms with van der Waals surface area (Å²) in [5.41, 5.74) is 4.68. The van der Waals surface area contributed by atoms with Gasteiger partial charge < -0.3 is 15.2 Å². The average molecular weight is 230 g/mol. The molecule has 0 bridgehead atoms. The molecule has 0 aromatic carbocycles. The Kier molecular flexibility index (Phi) is 7.43. The number of primary amides is 1. The first-order valence-electron chi connectivity index (χ1n) is 4.59.